The minimum absolute atomic E-state index is 0.384. The quantitative estimate of drug-likeness (QED) is 0.646. The molecule has 7 heteroatoms. The summed E-state index contributed by atoms with van der Waals surface area (Å²) in [6.45, 7) is 5.93. The van der Waals surface area contributed by atoms with Gasteiger partial charge in [0.15, 0.2) is 6.61 Å². The zero-order valence-corrected chi connectivity index (χ0v) is 16.6. The number of hydrogen-bond donors (Lipinski definition) is 2. The monoisotopic (exact) mass is 393 g/mol. The maximum atomic E-state index is 12.4. The van der Waals surface area contributed by atoms with Gasteiger partial charge in [0.25, 0.3) is 5.91 Å². The van der Waals surface area contributed by atoms with Crippen LogP contribution < -0.4 is 10.6 Å². The van der Waals surface area contributed by atoms with E-state index in [1.807, 2.05) is 61.7 Å². The smallest absolute Gasteiger partial charge is 0.340 e. The molecule has 0 atom stereocenters. The van der Waals surface area contributed by atoms with Crippen LogP contribution in [0.4, 0.5) is 10.5 Å². The van der Waals surface area contributed by atoms with Crippen LogP contribution in [0.25, 0.3) is 10.9 Å². The minimum Gasteiger partial charge on any atom is -0.452 e. The van der Waals surface area contributed by atoms with Crippen LogP contribution >= 0.6 is 0 Å². The summed E-state index contributed by atoms with van der Waals surface area (Å²) >= 11 is 0. The van der Waals surface area contributed by atoms with Crippen LogP contribution in [0, 0.1) is 13.8 Å². The first-order chi connectivity index (χ1) is 13.9. The lowest BCUT2D eigenvalue weighted by molar-refractivity contribution is -0.123. The number of carbonyl (C=O) groups excluding carboxylic acids is 3. The van der Waals surface area contributed by atoms with E-state index in [1.54, 1.807) is 12.3 Å². The van der Waals surface area contributed by atoms with Crippen molar-refractivity contribution in [2.45, 2.75) is 27.3 Å². The molecule has 0 aliphatic heterocycles. The predicted octanol–water partition coefficient (Wildman–Crippen LogP) is 3.78. The van der Waals surface area contributed by atoms with Crippen molar-refractivity contribution in [3.63, 3.8) is 0 Å². The zero-order valence-electron chi connectivity index (χ0n) is 16.6. The Hall–Kier alpha value is -3.61. The molecule has 1 heterocycles. The number of aryl methyl sites for hydroxylation is 2. The molecule has 2 N–H and O–H groups in total. The number of carbonyl (C=O) groups is 3. The van der Waals surface area contributed by atoms with E-state index in [2.05, 4.69) is 10.6 Å². The van der Waals surface area contributed by atoms with Crippen molar-refractivity contribution in [3.8, 4) is 0 Å². The highest BCUT2D eigenvalue weighted by molar-refractivity contribution is 6.06. The lowest BCUT2D eigenvalue weighted by atomic mass is 10.1. The van der Waals surface area contributed by atoms with Crippen LogP contribution in [0.15, 0.2) is 48.7 Å². The normalized spacial score (nSPS) is 10.6. The summed E-state index contributed by atoms with van der Waals surface area (Å²) in [5.74, 6) is -1.32. The van der Waals surface area contributed by atoms with Gasteiger partial charge in [-0.15, -0.1) is 0 Å². The molecule has 3 aromatic rings. The molecular weight excluding hydrogens is 370 g/mol. The number of nitrogens with zero attached hydrogens (tertiary/aromatic N) is 1. The van der Waals surface area contributed by atoms with Gasteiger partial charge >= 0.3 is 12.0 Å². The van der Waals surface area contributed by atoms with Crippen LogP contribution in [0.2, 0.25) is 0 Å². The number of amides is 3. The highest BCUT2D eigenvalue weighted by atomic mass is 16.5. The van der Waals surface area contributed by atoms with E-state index in [-0.39, 0.29) is 0 Å². The SMILES string of the molecule is CCn1cc(C(=O)OCC(=O)NC(=O)Nc2cccc(C)c2C)c2ccccc21. The number of para-hydroxylation sites is 1. The van der Waals surface area contributed by atoms with Crippen LogP contribution in [0.3, 0.4) is 0 Å². The summed E-state index contributed by atoms with van der Waals surface area (Å²) < 4.78 is 7.04. The largest absolute Gasteiger partial charge is 0.452 e. The average molecular weight is 393 g/mol. The van der Waals surface area contributed by atoms with Crippen LogP contribution in [0.5, 0.6) is 0 Å². The second-order valence-corrected chi connectivity index (χ2v) is 6.67. The highest BCUT2D eigenvalue weighted by Crippen LogP contribution is 2.22. The van der Waals surface area contributed by atoms with Crippen molar-refractivity contribution >= 4 is 34.5 Å². The molecule has 1 aromatic heterocycles. The van der Waals surface area contributed by atoms with E-state index in [0.29, 0.717) is 17.8 Å². The van der Waals surface area contributed by atoms with Crippen molar-refractivity contribution in [1.82, 2.24) is 9.88 Å². The van der Waals surface area contributed by atoms with Crippen LogP contribution in [-0.2, 0) is 16.1 Å². The van der Waals surface area contributed by atoms with Gasteiger partial charge in [0, 0.05) is 29.3 Å². The molecule has 0 saturated heterocycles. The lowest BCUT2D eigenvalue weighted by Crippen LogP contribution is -2.37. The average Bonchev–Trinajstić information content (AvgIpc) is 3.08. The van der Waals surface area contributed by atoms with Crippen molar-refractivity contribution in [2.75, 3.05) is 11.9 Å². The molecule has 150 valence electrons. The Morgan fingerprint density at radius 2 is 1.79 bits per heavy atom. The summed E-state index contributed by atoms with van der Waals surface area (Å²) in [5, 5.41) is 5.54. The van der Waals surface area contributed by atoms with Gasteiger partial charge in [0.05, 0.1) is 5.56 Å². The third-order valence-electron chi connectivity index (χ3n) is 4.79. The number of anilines is 1. The first-order valence-electron chi connectivity index (χ1n) is 9.32. The Bertz CT molecular complexity index is 1080. The van der Waals surface area contributed by atoms with Crippen molar-refractivity contribution in [2.24, 2.45) is 0 Å². The second kappa shape index (κ2) is 8.60. The number of esters is 1. The van der Waals surface area contributed by atoms with E-state index in [4.69, 9.17) is 4.74 Å². The van der Waals surface area contributed by atoms with E-state index in [1.165, 1.54) is 0 Å². The number of benzene rings is 2. The molecule has 0 unspecified atom stereocenters. The molecule has 0 spiro atoms. The van der Waals surface area contributed by atoms with E-state index in [9.17, 15) is 14.4 Å². The number of urea groups is 1. The Kier molecular flexibility index (Phi) is 5.97. The van der Waals surface area contributed by atoms with Crippen LogP contribution in [0.1, 0.15) is 28.4 Å². The fourth-order valence-electron chi connectivity index (χ4n) is 3.08. The van der Waals surface area contributed by atoms with Gasteiger partial charge in [-0.05, 0) is 44.0 Å². The van der Waals surface area contributed by atoms with Crippen molar-refractivity contribution in [1.29, 1.82) is 0 Å². The van der Waals surface area contributed by atoms with Gasteiger partial charge in [-0.25, -0.2) is 9.59 Å². The molecule has 0 aliphatic carbocycles. The lowest BCUT2D eigenvalue weighted by Gasteiger charge is -2.11. The number of aromatic nitrogens is 1. The molecular formula is C22H23N3O4. The molecule has 3 rings (SSSR count). The summed E-state index contributed by atoms with van der Waals surface area (Å²) in [4.78, 5) is 36.5. The molecule has 0 saturated carbocycles. The topological polar surface area (TPSA) is 89.4 Å². The fourth-order valence-corrected chi connectivity index (χ4v) is 3.08. The zero-order chi connectivity index (χ0) is 21.0. The minimum atomic E-state index is -0.708. The number of ether oxygens (including phenoxy) is 1. The van der Waals surface area contributed by atoms with E-state index >= 15 is 0 Å². The third kappa shape index (κ3) is 4.45. The Morgan fingerprint density at radius 3 is 2.55 bits per heavy atom. The van der Waals surface area contributed by atoms with Gasteiger partial charge < -0.3 is 14.6 Å². The highest BCUT2D eigenvalue weighted by Gasteiger charge is 2.18. The molecule has 3 amide bonds. The van der Waals surface area contributed by atoms with E-state index in [0.717, 1.165) is 22.0 Å². The number of imide groups is 1. The molecule has 2 aromatic carbocycles. The molecule has 29 heavy (non-hydrogen) atoms. The summed E-state index contributed by atoms with van der Waals surface area (Å²) in [7, 11) is 0. The number of fused-ring (bicyclic) bond motifs is 1. The van der Waals surface area contributed by atoms with Gasteiger partial charge in [0.2, 0.25) is 0 Å². The molecule has 0 bridgehead atoms. The number of rotatable bonds is 5. The summed E-state index contributed by atoms with van der Waals surface area (Å²) in [6.07, 6.45) is 1.71. The molecule has 0 fully saturated rings. The Morgan fingerprint density at radius 1 is 1.03 bits per heavy atom. The third-order valence-corrected chi connectivity index (χ3v) is 4.79. The first kappa shape index (κ1) is 20.1. The molecule has 0 aliphatic rings. The first-order valence-corrected chi connectivity index (χ1v) is 9.32. The summed E-state index contributed by atoms with van der Waals surface area (Å²) in [5.41, 5.74) is 3.84. The fraction of sp³-hybridized carbons (Fsp3) is 0.227. The van der Waals surface area contributed by atoms with E-state index < -0.39 is 24.5 Å². The molecule has 7 nitrogen and oxygen atoms in total. The second-order valence-electron chi connectivity index (χ2n) is 6.67. The maximum Gasteiger partial charge on any atom is 0.340 e. The predicted molar refractivity (Wildman–Crippen MR) is 111 cm³/mol. The summed E-state index contributed by atoms with van der Waals surface area (Å²) in [6, 6.07) is 12.3. The Balaban J connectivity index is 1.59. The van der Waals surface area contributed by atoms with Crippen LogP contribution in [-0.4, -0.2) is 29.1 Å². The van der Waals surface area contributed by atoms with Gasteiger partial charge in [-0.2, -0.15) is 0 Å². The standard InChI is InChI=1S/C22H23N3O4/c1-4-25-12-17(16-9-5-6-11-19(16)25)21(27)29-13-20(26)24-22(28)23-18-10-7-8-14(2)15(18)3/h5-12H,4,13H2,1-3H3,(H2,23,24,26,28). The molecule has 0 radical (unpaired) electrons. The van der Waals surface area contributed by atoms with Gasteiger partial charge in [-0.3, -0.25) is 10.1 Å². The van der Waals surface area contributed by atoms with Gasteiger partial charge in [-0.1, -0.05) is 30.3 Å². The van der Waals surface area contributed by atoms with Crippen molar-refractivity contribution in [3.05, 3.63) is 65.4 Å². The van der Waals surface area contributed by atoms with Gasteiger partial charge in [0.1, 0.15) is 0 Å². The maximum absolute atomic E-state index is 12.4. The number of nitrogens with one attached hydrogen (secondary N) is 2. The Labute approximate surface area is 168 Å². The number of hydrogen-bond acceptors (Lipinski definition) is 4. The van der Waals surface area contributed by atoms with Crippen molar-refractivity contribution < 1.29 is 19.1 Å².